The molecule has 0 aliphatic rings. The first-order valence-corrected chi connectivity index (χ1v) is 18.5. The maximum atomic E-state index is 16.2. The molecule has 7 rings (SSSR count). The van der Waals surface area contributed by atoms with Gasteiger partial charge in [-0.1, -0.05) is 137 Å². The summed E-state index contributed by atoms with van der Waals surface area (Å²) in [6, 6.07) is 44.7. The Bertz CT molecular complexity index is 2070. The van der Waals surface area contributed by atoms with Crippen molar-refractivity contribution in [3.63, 3.8) is 0 Å². The molecule has 0 aromatic heterocycles. The van der Waals surface area contributed by atoms with Crippen LogP contribution in [0.2, 0.25) is 0 Å². The third-order valence-corrected chi connectivity index (χ3v) is 15.1. The van der Waals surface area contributed by atoms with Crippen molar-refractivity contribution < 1.29 is 72.1 Å². The smallest absolute Gasteiger partial charge is 1.00 e. The molecule has 53 heavy (non-hydrogen) atoms. The van der Waals surface area contributed by atoms with Gasteiger partial charge in [0.15, 0.2) is 8.07 Å². The van der Waals surface area contributed by atoms with Crippen LogP contribution >= 0.6 is 0 Å². The van der Waals surface area contributed by atoms with Gasteiger partial charge in [0.05, 0.1) is 0 Å². The summed E-state index contributed by atoms with van der Waals surface area (Å²) in [7, 11) is -3.71. The molecule has 0 fully saturated rings. The van der Waals surface area contributed by atoms with Crippen molar-refractivity contribution >= 4 is 28.8 Å². The van der Waals surface area contributed by atoms with E-state index in [2.05, 4.69) is 27.7 Å². The van der Waals surface area contributed by atoms with Gasteiger partial charge < -0.3 is 37.2 Å². The van der Waals surface area contributed by atoms with Crippen molar-refractivity contribution in [1.82, 2.24) is 0 Å². The molecule has 0 atom stereocenters. The zero-order valence-electron chi connectivity index (χ0n) is 29.6. The first-order chi connectivity index (χ1) is 23.7. The van der Waals surface area contributed by atoms with Crippen LogP contribution in [0.4, 0.5) is 13.2 Å². The van der Waals surface area contributed by atoms with Crippen molar-refractivity contribution in [2.75, 3.05) is 0 Å². The van der Waals surface area contributed by atoms with E-state index in [1.807, 2.05) is 109 Å². The Hall–Kier alpha value is -3.74. The van der Waals surface area contributed by atoms with Crippen LogP contribution in [0.25, 0.3) is 33.4 Å². The second kappa shape index (κ2) is 18.1. The molecule has 0 nitrogen and oxygen atoms in total. The van der Waals surface area contributed by atoms with Crippen LogP contribution in [0.5, 0.6) is 0 Å². The van der Waals surface area contributed by atoms with Gasteiger partial charge in [0.1, 0.15) is 17.5 Å². The normalized spacial score (nSPS) is 10.7. The number of rotatable bonds is 7. The Labute approximate surface area is 345 Å². The van der Waals surface area contributed by atoms with Gasteiger partial charge in [-0.25, -0.2) is 13.2 Å². The van der Waals surface area contributed by atoms with Crippen molar-refractivity contribution in [1.29, 1.82) is 0 Å². The molecular formula is C45H36Cl3F3SiTi. The topological polar surface area (TPSA) is 0 Å². The van der Waals surface area contributed by atoms with Crippen LogP contribution in [0.1, 0.15) is 22.3 Å². The van der Waals surface area contributed by atoms with E-state index in [-0.39, 0.29) is 58.9 Å². The van der Waals surface area contributed by atoms with Crippen LogP contribution in [0.15, 0.2) is 146 Å². The monoisotopic (exact) mass is 814 g/mol. The second-order valence-electron chi connectivity index (χ2n) is 12.9. The molecule has 0 saturated carbocycles. The molecule has 0 amide bonds. The number of benzene rings is 6. The van der Waals surface area contributed by atoms with Crippen LogP contribution < -0.4 is 58.0 Å². The average molecular weight is 816 g/mol. The second-order valence-corrected chi connectivity index (χ2v) is 16.6. The average Bonchev–Trinajstić information content (AvgIpc) is 3.31. The van der Waals surface area contributed by atoms with E-state index >= 15 is 13.2 Å². The van der Waals surface area contributed by atoms with Gasteiger partial charge >= 0.3 is 21.7 Å². The first-order valence-electron chi connectivity index (χ1n) is 16.5. The fraction of sp³-hybridized carbons (Fsp3) is 0.0889. The molecule has 0 radical (unpaired) electrons. The zero-order valence-corrected chi connectivity index (χ0v) is 34.5. The Morgan fingerprint density at radius 2 is 0.717 bits per heavy atom. The number of hydrogen-bond donors (Lipinski definition) is 0. The van der Waals surface area contributed by atoms with Gasteiger partial charge in [-0.3, -0.25) is 0 Å². The van der Waals surface area contributed by atoms with Crippen molar-refractivity contribution in [3.05, 3.63) is 185 Å². The predicted molar refractivity (Wildman–Crippen MR) is 201 cm³/mol. The van der Waals surface area contributed by atoms with Crippen LogP contribution in [0.3, 0.4) is 0 Å². The van der Waals surface area contributed by atoms with E-state index in [1.54, 1.807) is 36.4 Å². The summed E-state index contributed by atoms with van der Waals surface area (Å²) in [4.78, 5) is 0. The molecule has 7 aromatic rings. The maximum absolute atomic E-state index is 16.2. The minimum absolute atomic E-state index is 0. The van der Waals surface area contributed by atoms with Crippen molar-refractivity contribution in [3.8, 4) is 33.4 Å². The summed E-state index contributed by atoms with van der Waals surface area (Å²) in [6.07, 6.45) is 0. The first kappa shape index (κ1) is 43.7. The predicted octanol–water partition coefficient (Wildman–Crippen LogP) is 0.444. The van der Waals surface area contributed by atoms with E-state index in [4.69, 9.17) is 0 Å². The molecule has 0 N–H and O–H groups in total. The van der Waals surface area contributed by atoms with E-state index in [0.717, 1.165) is 59.7 Å². The molecule has 0 aliphatic heterocycles. The van der Waals surface area contributed by atoms with Crippen LogP contribution in [-0.4, -0.2) is 8.07 Å². The van der Waals surface area contributed by atoms with Gasteiger partial charge in [-0.15, -0.1) is 0 Å². The fourth-order valence-corrected chi connectivity index (χ4v) is 13.1. The molecule has 0 unspecified atom stereocenters. The Morgan fingerprint density at radius 1 is 0.415 bits per heavy atom. The van der Waals surface area contributed by atoms with E-state index < -0.39 is 25.5 Å². The number of hydrogen-bond acceptors (Lipinski definition) is 0. The van der Waals surface area contributed by atoms with Gasteiger partial charge in [0.25, 0.3) is 0 Å². The van der Waals surface area contributed by atoms with Crippen molar-refractivity contribution in [2.45, 2.75) is 27.7 Å². The zero-order chi connectivity index (χ0) is 34.3. The minimum Gasteiger partial charge on any atom is -1.00 e. The standard InChI is InChI=1S/C45H36F3Si.3ClH.Ti/c1-29-30(2)32(4)45(31(29)3)49(42-23-36(20-39(46)26-42)33-14-8-5-9-15-33,43-24-37(21-40(47)27-43)34-16-10-6-11-17-34)44-25-38(22-41(48)28-44)35-18-12-7-13-19-35;;;;/h5-28H,1-4H3;3*1H;/q-1;;;;+4/p-3. The third-order valence-electron chi connectivity index (χ3n) is 10.1. The maximum Gasteiger partial charge on any atom is 4.00 e. The molecule has 7 aromatic carbocycles. The van der Waals surface area contributed by atoms with Crippen LogP contribution in [-0.2, 0) is 21.7 Å². The molecule has 0 saturated heterocycles. The Kier molecular flexibility index (Phi) is 14.9. The number of halogens is 6. The Balaban J connectivity index is 0.00000189. The molecular weight excluding hydrogens is 780 g/mol. The molecule has 0 bridgehead atoms. The molecule has 0 heterocycles. The van der Waals surface area contributed by atoms with Gasteiger partial charge in [0.2, 0.25) is 0 Å². The summed E-state index contributed by atoms with van der Waals surface area (Å²) in [5, 5.41) is 3.19. The van der Waals surface area contributed by atoms with Crippen LogP contribution in [0, 0.1) is 45.1 Å². The molecule has 266 valence electrons. The summed E-state index contributed by atoms with van der Waals surface area (Å²) >= 11 is 0. The minimum atomic E-state index is -3.71. The largest absolute Gasteiger partial charge is 4.00 e. The SMILES string of the molecule is Cc1c(C)c([Si](c2cc(F)cc(-c3ccccc3)c2)(c2cc(F)cc(-c3ccccc3)c2)c2cc(F)cc(-c3ccccc3)c2)[c-](C)c1C.[Cl-].[Cl-].[Cl-].[Ti+4]. The van der Waals surface area contributed by atoms with Gasteiger partial charge in [-0.2, -0.15) is 27.4 Å². The van der Waals surface area contributed by atoms with Gasteiger partial charge in [-0.05, 0) is 85.3 Å². The van der Waals surface area contributed by atoms with Gasteiger partial charge in [0, 0.05) is 0 Å². The van der Waals surface area contributed by atoms with Crippen molar-refractivity contribution in [2.24, 2.45) is 0 Å². The molecule has 0 aliphatic carbocycles. The summed E-state index contributed by atoms with van der Waals surface area (Å²) in [6.45, 7) is 8.39. The van der Waals surface area contributed by atoms with E-state index in [1.165, 1.54) is 0 Å². The quantitative estimate of drug-likeness (QED) is 0.125. The van der Waals surface area contributed by atoms with E-state index in [9.17, 15) is 0 Å². The molecule has 8 heteroatoms. The summed E-state index contributed by atoms with van der Waals surface area (Å²) in [5.74, 6) is -1.20. The third kappa shape index (κ3) is 8.20. The van der Waals surface area contributed by atoms with E-state index in [0.29, 0.717) is 16.7 Å². The molecule has 0 spiro atoms. The summed E-state index contributed by atoms with van der Waals surface area (Å²) in [5.41, 5.74) is 9.10. The Morgan fingerprint density at radius 3 is 0.981 bits per heavy atom. The summed E-state index contributed by atoms with van der Waals surface area (Å²) < 4.78 is 48.6. The fourth-order valence-electron chi connectivity index (χ4n) is 7.52.